The highest BCUT2D eigenvalue weighted by Crippen LogP contribution is 2.25. The van der Waals surface area contributed by atoms with Crippen LogP contribution in [0.5, 0.6) is 5.75 Å². The first-order valence-electron chi connectivity index (χ1n) is 13.1. The van der Waals surface area contributed by atoms with E-state index in [9.17, 15) is 5.11 Å². The standard InChI is InChI=1S/C35H28N2OSi/c1-26-23-28(25-37-32-21-11-13-27-14-12-22-36-34(27)32)35(38)33(24-26)39(29-15-5-2-6-16-29,30-17-7-3-8-18-30)31-19-9-4-10-20-31/h2-25,38H,1H3. The highest BCUT2D eigenvalue weighted by molar-refractivity contribution is 7.20. The van der Waals surface area contributed by atoms with E-state index in [0.29, 0.717) is 5.56 Å². The Bertz CT molecular complexity index is 1670. The van der Waals surface area contributed by atoms with Crippen LogP contribution >= 0.6 is 0 Å². The zero-order valence-corrected chi connectivity index (χ0v) is 22.7. The van der Waals surface area contributed by atoms with E-state index in [1.807, 2.05) is 54.6 Å². The van der Waals surface area contributed by atoms with Gasteiger partial charge in [-0.25, -0.2) is 0 Å². The Hall–Kier alpha value is -4.80. The third kappa shape index (κ3) is 4.45. The molecule has 6 aromatic rings. The number of nitrogens with zero attached hydrogens (tertiary/aromatic N) is 2. The fraction of sp³-hybridized carbons (Fsp3) is 0.0286. The number of phenolic OH excluding ortho intramolecular Hbond substituents is 1. The zero-order valence-electron chi connectivity index (χ0n) is 21.7. The van der Waals surface area contributed by atoms with Crippen LogP contribution in [0.4, 0.5) is 5.69 Å². The molecule has 0 atom stereocenters. The maximum atomic E-state index is 12.1. The van der Waals surface area contributed by atoms with Crippen molar-refractivity contribution in [1.82, 2.24) is 4.98 Å². The summed E-state index contributed by atoms with van der Waals surface area (Å²) >= 11 is 0. The molecule has 1 heterocycles. The summed E-state index contributed by atoms with van der Waals surface area (Å²) in [6, 6.07) is 45.9. The van der Waals surface area contributed by atoms with Crippen molar-refractivity contribution < 1.29 is 5.11 Å². The van der Waals surface area contributed by atoms with E-state index >= 15 is 0 Å². The topological polar surface area (TPSA) is 45.5 Å². The van der Waals surface area contributed by atoms with Gasteiger partial charge in [0.05, 0.1) is 11.2 Å². The van der Waals surface area contributed by atoms with E-state index in [0.717, 1.165) is 27.3 Å². The van der Waals surface area contributed by atoms with Crippen molar-refractivity contribution in [2.24, 2.45) is 4.99 Å². The van der Waals surface area contributed by atoms with Crippen molar-refractivity contribution in [3.8, 4) is 5.75 Å². The van der Waals surface area contributed by atoms with Crippen molar-refractivity contribution in [3.63, 3.8) is 0 Å². The second-order valence-corrected chi connectivity index (χ2v) is 13.5. The summed E-state index contributed by atoms with van der Waals surface area (Å²) in [5.74, 6) is 0.265. The molecule has 0 bridgehead atoms. The van der Waals surface area contributed by atoms with Crippen molar-refractivity contribution in [1.29, 1.82) is 0 Å². The predicted molar refractivity (Wildman–Crippen MR) is 165 cm³/mol. The number of pyridine rings is 1. The Morgan fingerprint density at radius 3 is 1.82 bits per heavy atom. The van der Waals surface area contributed by atoms with Gasteiger partial charge in [-0.05, 0) is 45.9 Å². The zero-order chi connectivity index (χ0) is 26.7. The second-order valence-electron chi connectivity index (χ2n) is 9.71. The average molecular weight is 521 g/mol. The van der Waals surface area contributed by atoms with Crippen LogP contribution in [0.25, 0.3) is 10.9 Å². The maximum absolute atomic E-state index is 12.1. The number of phenols is 1. The summed E-state index contributed by atoms with van der Waals surface area (Å²) < 4.78 is 0. The van der Waals surface area contributed by atoms with Crippen molar-refractivity contribution >= 4 is 51.6 Å². The van der Waals surface area contributed by atoms with E-state index in [1.165, 1.54) is 15.6 Å². The molecule has 0 aliphatic rings. The van der Waals surface area contributed by atoms with Gasteiger partial charge in [-0.3, -0.25) is 9.98 Å². The van der Waals surface area contributed by atoms with Crippen LogP contribution < -0.4 is 20.7 Å². The summed E-state index contributed by atoms with van der Waals surface area (Å²) in [6.45, 7) is 2.08. The number of hydrogen-bond donors (Lipinski definition) is 1. The number of aryl methyl sites for hydroxylation is 1. The number of rotatable bonds is 6. The number of hydrogen-bond acceptors (Lipinski definition) is 3. The first kappa shape index (κ1) is 24.5. The van der Waals surface area contributed by atoms with E-state index in [4.69, 9.17) is 4.99 Å². The molecule has 0 unspecified atom stereocenters. The Labute approximate surface area is 229 Å². The van der Waals surface area contributed by atoms with Gasteiger partial charge in [0, 0.05) is 23.4 Å². The third-order valence-electron chi connectivity index (χ3n) is 7.26. The predicted octanol–water partition coefficient (Wildman–Crippen LogP) is 5.38. The Kier molecular flexibility index (Phi) is 6.62. The number of benzene rings is 5. The number of aliphatic imine (C=N–C) groups is 1. The number of fused-ring (bicyclic) bond motifs is 1. The summed E-state index contributed by atoms with van der Waals surface area (Å²) in [4.78, 5) is 9.36. The highest BCUT2D eigenvalue weighted by atomic mass is 28.3. The summed E-state index contributed by atoms with van der Waals surface area (Å²) in [7, 11) is -2.88. The smallest absolute Gasteiger partial charge is 0.183 e. The number of aromatic nitrogens is 1. The molecular weight excluding hydrogens is 492 g/mol. The van der Waals surface area contributed by atoms with Gasteiger partial charge in [0.2, 0.25) is 0 Å². The van der Waals surface area contributed by atoms with Gasteiger partial charge < -0.3 is 5.11 Å². The van der Waals surface area contributed by atoms with Crippen molar-refractivity contribution in [2.75, 3.05) is 0 Å². The minimum absolute atomic E-state index is 0.265. The number of aromatic hydroxyl groups is 1. The molecule has 0 saturated heterocycles. The minimum atomic E-state index is -2.88. The van der Waals surface area contributed by atoms with Gasteiger partial charge in [-0.1, -0.05) is 121 Å². The molecule has 1 N–H and O–H groups in total. The molecule has 0 amide bonds. The molecule has 0 radical (unpaired) electrons. The van der Waals surface area contributed by atoms with Gasteiger partial charge >= 0.3 is 0 Å². The highest BCUT2D eigenvalue weighted by Gasteiger charge is 2.43. The second kappa shape index (κ2) is 10.5. The first-order valence-corrected chi connectivity index (χ1v) is 15.1. The van der Waals surface area contributed by atoms with Crippen molar-refractivity contribution in [3.05, 3.63) is 151 Å². The molecule has 5 aromatic carbocycles. The summed E-state index contributed by atoms with van der Waals surface area (Å²) in [5.41, 5.74) is 3.37. The van der Waals surface area contributed by atoms with Crippen LogP contribution in [-0.4, -0.2) is 24.4 Å². The Balaban J connectivity index is 1.62. The van der Waals surface area contributed by atoms with Crippen LogP contribution in [-0.2, 0) is 0 Å². The molecule has 4 heteroatoms. The van der Waals surface area contributed by atoms with Gasteiger partial charge in [-0.15, -0.1) is 0 Å². The fourth-order valence-electron chi connectivity index (χ4n) is 5.55. The van der Waals surface area contributed by atoms with E-state index in [-0.39, 0.29) is 5.75 Å². The van der Waals surface area contributed by atoms with E-state index < -0.39 is 8.07 Å². The van der Waals surface area contributed by atoms with Crippen LogP contribution in [0.1, 0.15) is 11.1 Å². The molecule has 1 aromatic heterocycles. The lowest BCUT2D eigenvalue weighted by molar-refractivity contribution is 0.478. The SMILES string of the molecule is Cc1cc(C=Nc2cccc3cccnc23)c(O)c([Si](c2ccccc2)(c2ccccc2)c2ccccc2)c1. The lowest BCUT2D eigenvalue weighted by Gasteiger charge is -2.35. The molecule has 0 aliphatic heterocycles. The lowest BCUT2D eigenvalue weighted by atomic mass is 10.1. The molecule has 0 saturated carbocycles. The van der Waals surface area contributed by atoms with Crippen LogP contribution in [0.3, 0.4) is 0 Å². The third-order valence-corrected chi connectivity index (χ3v) is 12.0. The lowest BCUT2D eigenvalue weighted by Crippen LogP contribution is -2.74. The van der Waals surface area contributed by atoms with Crippen LogP contribution in [0.2, 0.25) is 0 Å². The molecule has 0 spiro atoms. The van der Waals surface area contributed by atoms with E-state index in [2.05, 4.69) is 90.8 Å². The van der Waals surface area contributed by atoms with Gasteiger partial charge in [0.1, 0.15) is 5.75 Å². The first-order chi connectivity index (χ1) is 19.2. The molecule has 0 aliphatic carbocycles. The Morgan fingerprint density at radius 2 is 1.23 bits per heavy atom. The van der Waals surface area contributed by atoms with Gasteiger partial charge in [-0.2, -0.15) is 0 Å². The quantitative estimate of drug-likeness (QED) is 0.182. The average Bonchev–Trinajstić information content (AvgIpc) is 3.00. The molecule has 3 nitrogen and oxygen atoms in total. The van der Waals surface area contributed by atoms with E-state index in [1.54, 1.807) is 12.4 Å². The van der Waals surface area contributed by atoms with Crippen LogP contribution in [0.15, 0.2) is 145 Å². The monoisotopic (exact) mass is 520 g/mol. The molecule has 39 heavy (non-hydrogen) atoms. The van der Waals surface area contributed by atoms with Gasteiger partial charge in [0.15, 0.2) is 8.07 Å². The Morgan fingerprint density at radius 1 is 0.667 bits per heavy atom. The maximum Gasteiger partial charge on any atom is 0.183 e. The molecule has 0 fully saturated rings. The molecular formula is C35H28N2OSi. The largest absolute Gasteiger partial charge is 0.507 e. The van der Waals surface area contributed by atoms with Crippen LogP contribution in [0, 0.1) is 6.92 Å². The van der Waals surface area contributed by atoms with Gasteiger partial charge in [0.25, 0.3) is 0 Å². The molecule has 188 valence electrons. The number of para-hydroxylation sites is 1. The minimum Gasteiger partial charge on any atom is -0.507 e. The summed E-state index contributed by atoms with van der Waals surface area (Å²) in [5, 5.41) is 17.7. The van der Waals surface area contributed by atoms with Crippen molar-refractivity contribution in [2.45, 2.75) is 6.92 Å². The fourth-order valence-corrected chi connectivity index (χ4v) is 10.5. The normalized spacial score (nSPS) is 11.7. The summed E-state index contributed by atoms with van der Waals surface area (Å²) in [6.07, 6.45) is 3.55. The molecule has 6 rings (SSSR count).